The van der Waals surface area contributed by atoms with Gasteiger partial charge >= 0.3 is 0 Å². The molecular weight excluding hydrogens is 316 g/mol. The highest BCUT2D eigenvalue weighted by Crippen LogP contribution is 2.26. The maximum Gasteiger partial charge on any atom is 0.127 e. The van der Waals surface area contributed by atoms with Crippen molar-refractivity contribution in [1.29, 1.82) is 0 Å². The summed E-state index contributed by atoms with van der Waals surface area (Å²) in [6.07, 6.45) is 0. The Balaban J connectivity index is 2.43. The molecule has 2 rings (SSSR count). The van der Waals surface area contributed by atoms with Gasteiger partial charge in [0, 0.05) is 17.6 Å². The predicted molar refractivity (Wildman–Crippen MR) is 78.2 cm³/mol. The molecule has 0 aliphatic rings. The second kappa shape index (κ2) is 6.04. The van der Waals surface area contributed by atoms with Crippen LogP contribution in [0.15, 0.2) is 22.7 Å². The minimum atomic E-state index is -0.113. The zero-order chi connectivity index (χ0) is 13.1. The first-order chi connectivity index (χ1) is 8.63. The third kappa shape index (κ3) is 2.87. The van der Waals surface area contributed by atoms with E-state index in [9.17, 15) is 0 Å². The molecule has 0 saturated carbocycles. The third-order valence-electron chi connectivity index (χ3n) is 2.76. The van der Waals surface area contributed by atoms with Crippen LogP contribution in [0.4, 0.5) is 0 Å². The minimum Gasteiger partial charge on any atom is -0.380 e. The van der Waals surface area contributed by atoms with Crippen LogP contribution in [0.2, 0.25) is 0 Å². The van der Waals surface area contributed by atoms with Crippen LogP contribution in [0.1, 0.15) is 25.0 Å². The van der Waals surface area contributed by atoms with Crippen LogP contribution in [-0.4, -0.2) is 22.8 Å². The van der Waals surface area contributed by atoms with Crippen LogP contribution >= 0.6 is 27.5 Å². The monoisotopic (exact) mass is 330 g/mol. The van der Waals surface area contributed by atoms with Gasteiger partial charge in [0.25, 0.3) is 0 Å². The number of ether oxygens (including phenoxy) is 1. The summed E-state index contributed by atoms with van der Waals surface area (Å²) in [5, 5.41) is -0.113. The van der Waals surface area contributed by atoms with Crippen LogP contribution in [0.25, 0.3) is 11.0 Å². The third-order valence-corrected chi connectivity index (χ3v) is 3.45. The number of hydrogen-bond donors (Lipinski definition) is 0. The first kappa shape index (κ1) is 13.8. The number of aromatic nitrogens is 2. The van der Waals surface area contributed by atoms with Crippen LogP contribution in [-0.2, 0) is 11.3 Å². The fraction of sp³-hybridized carbons (Fsp3) is 0.462. The van der Waals surface area contributed by atoms with Gasteiger partial charge in [-0.2, -0.15) is 0 Å². The van der Waals surface area contributed by atoms with Gasteiger partial charge in [-0.25, -0.2) is 4.98 Å². The van der Waals surface area contributed by atoms with Crippen LogP contribution in [0.3, 0.4) is 0 Å². The van der Waals surface area contributed by atoms with Gasteiger partial charge in [0.05, 0.1) is 23.0 Å². The number of benzene rings is 1. The summed E-state index contributed by atoms with van der Waals surface area (Å²) < 4.78 is 8.59. The Bertz CT molecular complexity index is 539. The summed E-state index contributed by atoms with van der Waals surface area (Å²) >= 11 is 9.69. The molecule has 1 aromatic carbocycles. The van der Waals surface area contributed by atoms with Crippen LogP contribution in [0.5, 0.6) is 0 Å². The average molecular weight is 332 g/mol. The maximum atomic E-state index is 6.20. The van der Waals surface area contributed by atoms with Gasteiger partial charge < -0.3 is 9.30 Å². The topological polar surface area (TPSA) is 27.1 Å². The largest absolute Gasteiger partial charge is 0.380 e. The Hall–Kier alpha value is -0.580. The molecule has 0 aliphatic heterocycles. The summed E-state index contributed by atoms with van der Waals surface area (Å²) in [6, 6.07) is 6.06. The van der Waals surface area contributed by atoms with Crippen molar-refractivity contribution in [2.45, 2.75) is 25.8 Å². The molecule has 0 bridgehead atoms. The first-order valence-electron chi connectivity index (χ1n) is 6.01. The quantitative estimate of drug-likeness (QED) is 0.608. The van der Waals surface area contributed by atoms with Crippen LogP contribution < -0.4 is 0 Å². The minimum absolute atomic E-state index is 0.113. The van der Waals surface area contributed by atoms with E-state index in [4.69, 9.17) is 16.3 Å². The Morgan fingerprint density at radius 2 is 2.28 bits per heavy atom. The van der Waals surface area contributed by atoms with E-state index < -0.39 is 0 Å². The van der Waals surface area contributed by atoms with Gasteiger partial charge in [-0.05, 0) is 32.0 Å². The molecule has 1 aromatic heterocycles. The molecule has 98 valence electrons. The molecular formula is C13H16BrClN2O. The number of imidazole rings is 1. The van der Waals surface area contributed by atoms with Crippen molar-refractivity contribution in [3.63, 3.8) is 0 Å². The lowest BCUT2D eigenvalue weighted by Gasteiger charge is -2.10. The van der Waals surface area contributed by atoms with Crippen molar-refractivity contribution >= 4 is 38.6 Å². The molecule has 0 aliphatic carbocycles. The number of hydrogen-bond acceptors (Lipinski definition) is 2. The van der Waals surface area contributed by atoms with Gasteiger partial charge in [0.2, 0.25) is 0 Å². The van der Waals surface area contributed by atoms with E-state index >= 15 is 0 Å². The summed E-state index contributed by atoms with van der Waals surface area (Å²) in [6.45, 7) is 6.10. The molecule has 5 heteroatoms. The molecule has 1 heterocycles. The molecule has 0 fully saturated rings. The molecule has 0 amide bonds. The molecule has 1 atom stereocenters. The van der Waals surface area contributed by atoms with E-state index in [1.165, 1.54) is 0 Å². The van der Waals surface area contributed by atoms with Crippen molar-refractivity contribution in [1.82, 2.24) is 9.55 Å². The average Bonchev–Trinajstić information content (AvgIpc) is 2.68. The number of halogens is 2. The Labute approximate surface area is 120 Å². The van der Waals surface area contributed by atoms with Crippen LogP contribution in [0, 0.1) is 0 Å². The van der Waals surface area contributed by atoms with Gasteiger partial charge in [-0.3, -0.25) is 0 Å². The SMILES string of the molecule is CCOCCn1c(C(C)Cl)nc2ccc(Br)cc21. The number of alkyl halides is 1. The van der Waals surface area contributed by atoms with E-state index in [1.807, 2.05) is 26.0 Å². The lowest BCUT2D eigenvalue weighted by atomic mass is 10.3. The normalized spacial score (nSPS) is 13.1. The lowest BCUT2D eigenvalue weighted by molar-refractivity contribution is 0.139. The molecule has 0 radical (unpaired) electrons. The highest BCUT2D eigenvalue weighted by Gasteiger charge is 2.14. The fourth-order valence-electron chi connectivity index (χ4n) is 1.95. The maximum absolute atomic E-state index is 6.20. The highest BCUT2D eigenvalue weighted by atomic mass is 79.9. The van der Waals surface area contributed by atoms with E-state index in [1.54, 1.807) is 0 Å². The Kier molecular flexibility index (Phi) is 4.65. The van der Waals surface area contributed by atoms with Gasteiger partial charge in [0.15, 0.2) is 0 Å². The number of fused-ring (bicyclic) bond motifs is 1. The van der Waals surface area contributed by atoms with E-state index in [0.29, 0.717) is 6.61 Å². The summed E-state index contributed by atoms with van der Waals surface area (Å²) in [5.74, 6) is 0.893. The number of rotatable bonds is 5. The summed E-state index contributed by atoms with van der Waals surface area (Å²) in [5.41, 5.74) is 2.06. The molecule has 18 heavy (non-hydrogen) atoms. The van der Waals surface area contributed by atoms with Crippen molar-refractivity contribution < 1.29 is 4.74 Å². The van der Waals surface area contributed by atoms with Crippen molar-refractivity contribution in [2.24, 2.45) is 0 Å². The molecule has 0 saturated heterocycles. The standard InChI is InChI=1S/C13H16BrClN2O/c1-3-18-7-6-17-12-8-10(14)4-5-11(12)16-13(17)9(2)15/h4-5,8-9H,3,6-7H2,1-2H3. The van der Waals surface area contributed by atoms with E-state index in [-0.39, 0.29) is 5.38 Å². The molecule has 0 spiro atoms. The fourth-order valence-corrected chi connectivity index (χ4v) is 2.47. The molecule has 3 nitrogen and oxygen atoms in total. The predicted octanol–water partition coefficient (Wildman–Crippen LogP) is 4.14. The van der Waals surface area contributed by atoms with Gasteiger partial charge in [-0.1, -0.05) is 15.9 Å². The van der Waals surface area contributed by atoms with Crippen molar-refractivity contribution in [3.05, 3.63) is 28.5 Å². The summed E-state index contributed by atoms with van der Waals surface area (Å²) in [7, 11) is 0. The zero-order valence-corrected chi connectivity index (χ0v) is 12.8. The summed E-state index contributed by atoms with van der Waals surface area (Å²) in [4.78, 5) is 4.59. The second-order valence-electron chi connectivity index (χ2n) is 4.07. The Morgan fingerprint density at radius 3 is 2.94 bits per heavy atom. The zero-order valence-electron chi connectivity index (χ0n) is 10.5. The number of nitrogens with zero attached hydrogens (tertiary/aromatic N) is 2. The lowest BCUT2D eigenvalue weighted by Crippen LogP contribution is -2.09. The second-order valence-corrected chi connectivity index (χ2v) is 5.64. The van der Waals surface area contributed by atoms with E-state index in [0.717, 1.165) is 34.5 Å². The Morgan fingerprint density at radius 1 is 1.50 bits per heavy atom. The van der Waals surface area contributed by atoms with Crippen molar-refractivity contribution in [2.75, 3.05) is 13.2 Å². The molecule has 1 unspecified atom stereocenters. The van der Waals surface area contributed by atoms with Crippen molar-refractivity contribution in [3.8, 4) is 0 Å². The first-order valence-corrected chi connectivity index (χ1v) is 7.24. The van der Waals surface area contributed by atoms with Gasteiger partial charge in [-0.15, -0.1) is 11.6 Å². The molecule has 2 aromatic rings. The van der Waals surface area contributed by atoms with Gasteiger partial charge in [0.1, 0.15) is 5.82 Å². The highest BCUT2D eigenvalue weighted by molar-refractivity contribution is 9.10. The smallest absolute Gasteiger partial charge is 0.127 e. The molecule has 0 N–H and O–H groups in total. The van der Waals surface area contributed by atoms with E-state index in [2.05, 4.69) is 31.5 Å².